The first-order valence-corrected chi connectivity index (χ1v) is 20.1. The number of nitrogens with zero attached hydrogens (tertiary/aromatic N) is 4. The Morgan fingerprint density at radius 2 is 0.918 bits per heavy atom. The molecule has 0 amide bonds. The van der Waals surface area contributed by atoms with Crippen molar-refractivity contribution >= 4 is 43.6 Å². The quantitative estimate of drug-likeness (QED) is 0.168. The number of para-hydroxylation sites is 3. The van der Waals surface area contributed by atoms with Crippen molar-refractivity contribution in [1.29, 1.82) is 0 Å². The van der Waals surface area contributed by atoms with Gasteiger partial charge in [0.1, 0.15) is 0 Å². The molecule has 0 saturated carbocycles. The lowest BCUT2D eigenvalue weighted by atomic mass is 9.97. The molecule has 61 heavy (non-hydrogen) atoms. The van der Waals surface area contributed by atoms with Crippen LogP contribution >= 0.6 is 0 Å². The van der Waals surface area contributed by atoms with Gasteiger partial charge in [-0.1, -0.05) is 139 Å². The van der Waals surface area contributed by atoms with E-state index in [2.05, 4.69) is 94.1 Å². The average molecular weight is 797 g/mol. The Hall–Kier alpha value is -7.77. The first-order chi connectivity index (χ1) is 29.8. The molecule has 0 atom stereocenters. The summed E-state index contributed by atoms with van der Waals surface area (Å²) in [4.78, 5) is 10.2. The van der Waals surface area contributed by atoms with E-state index in [0.717, 1.165) is 83.2 Å². The van der Waals surface area contributed by atoms with Gasteiger partial charge in [-0.05, 0) is 67.6 Å². The molecule has 0 aliphatic heterocycles. The number of hydrogen-bond donors (Lipinski definition) is 0. The molecule has 11 rings (SSSR count). The zero-order valence-corrected chi connectivity index (χ0v) is 32.9. The van der Waals surface area contributed by atoms with Gasteiger partial charge in [0, 0.05) is 49.4 Å². The smallest absolute Gasteiger partial charge is 0.309 e. The van der Waals surface area contributed by atoms with Crippen LogP contribution in [0.15, 0.2) is 194 Å². The average Bonchev–Trinajstić information content (AvgIpc) is 3.81. The molecule has 0 radical (unpaired) electrons. The van der Waals surface area contributed by atoms with Gasteiger partial charge >= 0.3 is 6.18 Å². The number of rotatable bonds is 6. The molecular formula is C54H35F3N4. The first-order valence-electron chi connectivity index (χ1n) is 20.1. The topological polar surface area (TPSA) is 35.6 Å². The number of benzene rings is 8. The summed E-state index contributed by atoms with van der Waals surface area (Å²) < 4.78 is 47.4. The van der Waals surface area contributed by atoms with E-state index in [1.807, 2.05) is 97.9 Å². The van der Waals surface area contributed by atoms with Crippen LogP contribution in [0.25, 0.3) is 100 Å². The SMILES string of the molecule is Cc1ccc2c(c1)c1cc(C(F)(F)F)ccc1n2-c1cc(-c2cc(-c3ccccc3)nc(-c3ccccc3)n2)ccc1-c1ccccc1-n1c2ccccc2c2ccccc21. The minimum Gasteiger partial charge on any atom is -0.309 e. The Balaban J connectivity index is 1.23. The fourth-order valence-electron chi connectivity index (χ4n) is 8.82. The van der Waals surface area contributed by atoms with Crippen LogP contribution in [-0.2, 0) is 6.18 Å². The molecule has 0 spiro atoms. The fourth-order valence-corrected chi connectivity index (χ4v) is 8.82. The third-order valence-corrected chi connectivity index (χ3v) is 11.6. The van der Waals surface area contributed by atoms with Gasteiger partial charge in [-0.25, -0.2) is 9.97 Å². The molecule has 4 nitrogen and oxygen atoms in total. The summed E-state index contributed by atoms with van der Waals surface area (Å²) in [5.41, 5.74) is 11.7. The number of aryl methyl sites for hydroxylation is 1. The Morgan fingerprint density at radius 1 is 0.393 bits per heavy atom. The van der Waals surface area contributed by atoms with Crippen molar-refractivity contribution in [3.05, 3.63) is 205 Å². The lowest BCUT2D eigenvalue weighted by Crippen LogP contribution is -2.05. The first kappa shape index (κ1) is 36.3. The molecule has 0 unspecified atom stereocenters. The number of fused-ring (bicyclic) bond motifs is 6. The Labute approximate surface area is 349 Å². The van der Waals surface area contributed by atoms with E-state index in [4.69, 9.17) is 9.97 Å². The highest BCUT2D eigenvalue weighted by molar-refractivity contribution is 6.12. The molecule has 0 aliphatic carbocycles. The molecular weight excluding hydrogens is 762 g/mol. The van der Waals surface area contributed by atoms with E-state index in [1.165, 1.54) is 12.1 Å². The van der Waals surface area contributed by atoms with E-state index < -0.39 is 11.7 Å². The molecule has 292 valence electrons. The van der Waals surface area contributed by atoms with Crippen LogP contribution in [0, 0.1) is 6.92 Å². The summed E-state index contributed by atoms with van der Waals surface area (Å²) in [5, 5.41) is 3.57. The number of alkyl halides is 3. The van der Waals surface area contributed by atoms with Gasteiger partial charge in [0.15, 0.2) is 5.82 Å². The maximum atomic E-state index is 14.3. The van der Waals surface area contributed by atoms with Crippen LogP contribution in [0.5, 0.6) is 0 Å². The highest BCUT2D eigenvalue weighted by Crippen LogP contribution is 2.43. The summed E-state index contributed by atoms with van der Waals surface area (Å²) in [6, 6.07) is 63.6. The van der Waals surface area contributed by atoms with E-state index in [1.54, 1.807) is 6.07 Å². The van der Waals surface area contributed by atoms with Crippen molar-refractivity contribution in [2.45, 2.75) is 13.1 Å². The monoisotopic (exact) mass is 796 g/mol. The summed E-state index contributed by atoms with van der Waals surface area (Å²) >= 11 is 0. The number of aromatic nitrogens is 4. The lowest BCUT2D eigenvalue weighted by molar-refractivity contribution is -0.137. The van der Waals surface area contributed by atoms with Gasteiger partial charge in [0.2, 0.25) is 0 Å². The zero-order valence-electron chi connectivity index (χ0n) is 32.9. The lowest BCUT2D eigenvalue weighted by Gasteiger charge is -2.20. The molecule has 0 saturated heterocycles. The van der Waals surface area contributed by atoms with E-state index in [0.29, 0.717) is 22.4 Å². The van der Waals surface area contributed by atoms with Gasteiger partial charge < -0.3 is 9.13 Å². The predicted octanol–water partition coefficient (Wildman–Crippen LogP) is 14.7. The van der Waals surface area contributed by atoms with E-state index >= 15 is 0 Å². The third kappa shape index (κ3) is 6.16. The second-order valence-corrected chi connectivity index (χ2v) is 15.4. The largest absolute Gasteiger partial charge is 0.416 e. The maximum absolute atomic E-state index is 14.3. The van der Waals surface area contributed by atoms with Crippen molar-refractivity contribution < 1.29 is 13.2 Å². The van der Waals surface area contributed by atoms with Crippen LogP contribution in [-0.4, -0.2) is 19.1 Å². The predicted molar refractivity (Wildman–Crippen MR) is 242 cm³/mol. The van der Waals surface area contributed by atoms with Crippen LogP contribution in [0.3, 0.4) is 0 Å². The maximum Gasteiger partial charge on any atom is 0.416 e. The molecule has 3 heterocycles. The van der Waals surface area contributed by atoms with Gasteiger partial charge in [-0.2, -0.15) is 13.2 Å². The van der Waals surface area contributed by atoms with Crippen LogP contribution < -0.4 is 0 Å². The molecule has 0 aliphatic rings. The van der Waals surface area contributed by atoms with Crippen molar-refractivity contribution in [3.63, 3.8) is 0 Å². The third-order valence-electron chi connectivity index (χ3n) is 11.6. The minimum atomic E-state index is -4.50. The standard InChI is InChI=1S/C54H35F3N4/c1-34-24-28-50-43(30-34)44-32-38(54(55,56)57)26-29-51(44)61(50)52-31-37(46-33-45(35-14-4-2-5-15-35)58-53(59-46)36-16-6-3-7-17-36)25-27-42(52)41-20-10-13-23-49(41)60-47-21-11-8-18-39(47)40-19-9-12-22-48(40)60/h2-33H,1H3. The summed E-state index contributed by atoms with van der Waals surface area (Å²) in [5.74, 6) is 0.589. The second-order valence-electron chi connectivity index (χ2n) is 15.4. The summed E-state index contributed by atoms with van der Waals surface area (Å²) in [7, 11) is 0. The number of hydrogen-bond acceptors (Lipinski definition) is 2. The molecule has 7 heteroatoms. The normalized spacial score (nSPS) is 11.9. The van der Waals surface area contributed by atoms with Crippen LogP contribution in [0.2, 0.25) is 0 Å². The Kier molecular flexibility index (Phi) is 8.46. The second kappa shape index (κ2) is 14.2. The zero-order chi connectivity index (χ0) is 41.2. The Morgan fingerprint density at radius 3 is 1.61 bits per heavy atom. The van der Waals surface area contributed by atoms with Gasteiger partial charge in [0.25, 0.3) is 0 Å². The molecule has 0 bridgehead atoms. The molecule has 11 aromatic rings. The van der Waals surface area contributed by atoms with Crippen molar-refractivity contribution in [3.8, 4) is 56.4 Å². The van der Waals surface area contributed by atoms with Crippen LogP contribution in [0.4, 0.5) is 13.2 Å². The van der Waals surface area contributed by atoms with E-state index in [-0.39, 0.29) is 0 Å². The number of halogens is 3. The van der Waals surface area contributed by atoms with Crippen molar-refractivity contribution in [2.75, 3.05) is 0 Å². The van der Waals surface area contributed by atoms with Crippen molar-refractivity contribution in [1.82, 2.24) is 19.1 Å². The molecule has 8 aromatic carbocycles. The van der Waals surface area contributed by atoms with E-state index in [9.17, 15) is 13.2 Å². The van der Waals surface area contributed by atoms with Crippen molar-refractivity contribution in [2.24, 2.45) is 0 Å². The fraction of sp³-hybridized carbons (Fsp3) is 0.0370. The van der Waals surface area contributed by atoms with Gasteiger partial charge in [-0.15, -0.1) is 0 Å². The molecule has 0 fully saturated rings. The summed E-state index contributed by atoms with van der Waals surface area (Å²) in [6.07, 6.45) is -4.50. The highest BCUT2D eigenvalue weighted by Gasteiger charge is 2.31. The highest BCUT2D eigenvalue weighted by atomic mass is 19.4. The summed E-state index contributed by atoms with van der Waals surface area (Å²) in [6.45, 7) is 1.97. The van der Waals surface area contributed by atoms with Gasteiger partial charge in [0.05, 0.1) is 50.4 Å². The molecule has 0 N–H and O–H groups in total. The van der Waals surface area contributed by atoms with Crippen LogP contribution in [0.1, 0.15) is 11.1 Å². The van der Waals surface area contributed by atoms with Gasteiger partial charge in [-0.3, -0.25) is 0 Å². The molecule has 3 aromatic heterocycles. The Bertz CT molecular complexity index is 3360. The minimum absolute atomic E-state index is 0.528.